The summed E-state index contributed by atoms with van der Waals surface area (Å²) in [4.78, 5) is 20.6. The van der Waals surface area contributed by atoms with E-state index < -0.39 is 0 Å². The van der Waals surface area contributed by atoms with Crippen LogP contribution in [0, 0.1) is 0 Å². The highest BCUT2D eigenvalue weighted by Crippen LogP contribution is 2.14. The van der Waals surface area contributed by atoms with Gasteiger partial charge in [-0.3, -0.25) is 4.79 Å². The molecule has 5 nitrogen and oxygen atoms in total. The SMILES string of the molecule is CN(CC1CCCO1)c1ncc(C=O)cn1. The lowest BCUT2D eigenvalue weighted by Crippen LogP contribution is -2.29. The summed E-state index contributed by atoms with van der Waals surface area (Å²) in [7, 11) is 1.93. The predicted molar refractivity (Wildman–Crippen MR) is 59.7 cm³/mol. The Kier molecular flexibility index (Phi) is 3.46. The second kappa shape index (κ2) is 5.03. The quantitative estimate of drug-likeness (QED) is 0.707. The van der Waals surface area contributed by atoms with E-state index in [0.717, 1.165) is 32.3 Å². The molecule has 1 fully saturated rings. The highest BCUT2D eigenvalue weighted by Gasteiger charge is 2.18. The summed E-state index contributed by atoms with van der Waals surface area (Å²) in [6.07, 6.45) is 6.30. The van der Waals surface area contributed by atoms with Gasteiger partial charge in [-0.1, -0.05) is 0 Å². The van der Waals surface area contributed by atoms with Crippen molar-refractivity contribution in [1.29, 1.82) is 0 Å². The van der Waals surface area contributed by atoms with Crippen LogP contribution in [0.2, 0.25) is 0 Å². The molecule has 1 aromatic rings. The van der Waals surface area contributed by atoms with Crippen molar-refractivity contribution < 1.29 is 9.53 Å². The highest BCUT2D eigenvalue weighted by molar-refractivity contribution is 5.73. The van der Waals surface area contributed by atoms with Crippen molar-refractivity contribution in [2.75, 3.05) is 25.1 Å². The zero-order valence-corrected chi connectivity index (χ0v) is 9.30. The number of anilines is 1. The molecule has 0 amide bonds. The number of hydrogen-bond donors (Lipinski definition) is 0. The fourth-order valence-corrected chi connectivity index (χ4v) is 1.76. The molecule has 1 aromatic heterocycles. The van der Waals surface area contributed by atoms with Crippen LogP contribution >= 0.6 is 0 Å². The molecule has 2 heterocycles. The standard InChI is InChI=1S/C11H15N3O2/c1-14(7-10-3-2-4-16-10)11-12-5-9(8-15)6-13-11/h5-6,8,10H,2-4,7H2,1H3. The van der Waals surface area contributed by atoms with Crippen molar-refractivity contribution in [1.82, 2.24) is 9.97 Å². The second-order valence-corrected chi connectivity index (χ2v) is 3.95. The van der Waals surface area contributed by atoms with Gasteiger partial charge in [0.1, 0.15) is 0 Å². The molecule has 5 heteroatoms. The third kappa shape index (κ3) is 2.55. The smallest absolute Gasteiger partial charge is 0.225 e. The molecule has 0 aliphatic carbocycles. The molecule has 2 rings (SSSR count). The topological polar surface area (TPSA) is 55.3 Å². The summed E-state index contributed by atoms with van der Waals surface area (Å²) in [5, 5.41) is 0. The van der Waals surface area contributed by atoms with E-state index in [-0.39, 0.29) is 6.10 Å². The number of ether oxygens (including phenoxy) is 1. The van der Waals surface area contributed by atoms with E-state index in [4.69, 9.17) is 4.74 Å². The van der Waals surface area contributed by atoms with Crippen LogP contribution in [0.5, 0.6) is 0 Å². The fourth-order valence-electron chi connectivity index (χ4n) is 1.76. The van der Waals surface area contributed by atoms with Gasteiger partial charge in [0.15, 0.2) is 6.29 Å². The first-order valence-corrected chi connectivity index (χ1v) is 5.39. The minimum Gasteiger partial charge on any atom is -0.376 e. The monoisotopic (exact) mass is 221 g/mol. The first-order valence-electron chi connectivity index (χ1n) is 5.39. The van der Waals surface area contributed by atoms with Gasteiger partial charge in [0.05, 0.1) is 11.7 Å². The van der Waals surface area contributed by atoms with Gasteiger partial charge in [-0.15, -0.1) is 0 Å². The maximum absolute atomic E-state index is 10.5. The lowest BCUT2D eigenvalue weighted by Gasteiger charge is -2.20. The van der Waals surface area contributed by atoms with E-state index in [2.05, 4.69) is 9.97 Å². The molecule has 0 bridgehead atoms. The van der Waals surface area contributed by atoms with E-state index in [1.165, 1.54) is 12.4 Å². The van der Waals surface area contributed by atoms with Crippen molar-refractivity contribution in [3.8, 4) is 0 Å². The Morgan fingerprint density at radius 3 is 2.88 bits per heavy atom. The van der Waals surface area contributed by atoms with Gasteiger partial charge in [-0.05, 0) is 12.8 Å². The summed E-state index contributed by atoms with van der Waals surface area (Å²) in [5.74, 6) is 0.626. The largest absolute Gasteiger partial charge is 0.376 e. The van der Waals surface area contributed by atoms with E-state index in [1.54, 1.807) is 0 Å². The molecule has 0 N–H and O–H groups in total. The highest BCUT2D eigenvalue weighted by atomic mass is 16.5. The normalized spacial score (nSPS) is 19.7. The molecule has 0 saturated carbocycles. The van der Waals surface area contributed by atoms with Crippen LogP contribution in [0.15, 0.2) is 12.4 Å². The van der Waals surface area contributed by atoms with E-state index in [9.17, 15) is 4.79 Å². The van der Waals surface area contributed by atoms with Gasteiger partial charge in [0, 0.05) is 32.6 Å². The number of aromatic nitrogens is 2. The van der Waals surface area contributed by atoms with Crippen LogP contribution in [0.3, 0.4) is 0 Å². The van der Waals surface area contributed by atoms with Gasteiger partial charge in [0.25, 0.3) is 0 Å². The van der Waals surface area contributed by atoms with Crippen molar-refractivity contribution in [2.24, 2.45) is 0 Å². The number of likely N-dealkylation sites (N-methyl/N-ethyl adjacent to an activating group) is 1. The van der Waals surface area contributed by atoms with Crippen molar-refractivity contribution in [2.45, 2.75) is 18.9 Å². The van der Waals surface area contributed by atoms with Crippen LogP contribution in [-0.2, 0) is 4.74 Å². The Hall–Kier alpha value is -1.49. The van der Waals surface area contributed by atoms with Gasteiger partial charge in [-0.25, -0.2) is 9.97 Å². The zero-order chi connectivity index (χ0) is 11.4. The van der Waals surface area contributed by atoms with Crippen LogP contribution in [0.1, 0.15) is 23.2 Å². The number of carbonyl (C=O) groups is 1. The fraction of sp³-hybridized carbons (Fsp3) is 0.545. The first-order chi connectivity index (χ1) is 7.79. The number of rotatable bonds is 4. The van der Waals surface area contributed by atoms with Crippen LogP contribution in [0.25, 0.3) is 0 Å². The maximum Gasteiger partial charge on any atom is 0.225 e. The molecule has 86 valence electrons. The molecule has 0 spiro atoms. The Labute approximate surface area is 94.5 Å². The molecular formula is C11H15N3O2. The number of hydrogen-bond acceptors (Lipinski definition) is 5. The van der Waals surface area contributed by atoms with Gasteiger partial charge >= 0.3 is 0 Å². The van der Waals surface area contributed by atoms with Crippen molar-refractivity contribution in [3.63, 3.8) is 0 Å². The molecular weight excluding hydrogens is 206 g/mol. The molecule has 1 saturated heterocycles. The maximum atomic E-state index is 10.5. The molecule has 1 unspecified atom stereocenters. The minimum atomic E-state index is 0.277. The average Bonchev–Trinajstić information content (AvgIpc) is 2.82. The van der Waals surface area contributed by atoms with Gasteiger partial charge < -0.3 is 9.64 Å². The molecule has 1 aliphatic rings. The zero-order valence-electron chi connectivity index (χ0n) is 9.30. The Morgan fingerprint density at radius 2 is 2.31 bits per heavy atom. The molecule has 1 atom stereocenters. The van der Waals surface area contributed by atoms with E-state index in [1.807, 2.05) is 11.9 Å². The average molecular weight is 221 g/mol. The third-order valence-electron chi connectivity index (χ3n) is 2.64. The minimum absolute atomic E-state index is 0.277. The third-order valence-corrected chi connectivity index (χ3v) is 2.64. The summed E-state index contributed by atoms with van der Waals surface area (Å²) in [5.41, 5.74) is 0.495. The predicted octanol–water partition coefficient (Wildman–Crippen LogP) is 0.904. The summed E-state index contributed by atoms with van der Waals surface area (Å²) in [6.45, 7) is 1.64. The Balaban J connectivity index is 1.96. The summed E-state index contributed by atoms with van der Waals surface area (Å²) in [6, 6.07) is 0. The van der Waals surface area contributed by atoms with E-state index >= 15 is 0 Å². The van der Waals surface area contributed by atoms with Crippen molar-refractivity contribution in [3.05, 3.63) is 18.0 Å². The summed E-state index contributed by atoms with van der Waals surface area (Å²) < 4.78 is 5.54. The molecule has 16 heavy (non-hydrogen) atoms. The van der Waals surface area contributed by atoms with Crippen LogP contribution in [-0.4, -0.2) is 42.6 Å². The molecule has 1 aliphatic heterocycles. The molecule has 0 radical (unpaired) electrons. The van der Waals surface area contributed by atoms with Gasteiger partial charge in [-0.2, -0.15) is 0 Å². The number of aldehydes is 1. The lowest BCUT2D eigenvalue weighted by molar-refractivity contribution is 0.112. The second-order valence-electron chi connectivity index (χ2n) is 3.95. The first kappa shape index (κ1) is 11.0. The number of carbonyl (C=O) groups excluding carboxylic acids is 1. The van der Waals surface area contributed by atoms with Crippen LogP contribution in [0.4, 0.5) is 5.95 Å². The van der Waals surface area contributed by atoms with Crippen molar-refractivity contribution >= 4 is 12.2 Å². The lowest BCUT2D eigenvalue weighted by atomic mass is 10.2. The van der Waals surface area contributed by atoms with E-state index in [0.29, 0.717) is 11.5 Å². The summed E-state index contributed by atoms with van der Waals surface area (Å²) >= 11 is 0. The Bertz CT molecular complexity index is 347. The Morgan fingerprint density at radius 1 is 1.56 bits per heavy atom. The van der Waals surface area contributed by atoms with Crippen LogP contribution < -0.4 is 4.90 Å². The number of nitrogens with zero attached hydrogens (tertiary/aromatic N) is 3. The molecule has 0 aromatic carbocycles. The van der Waals surface area contributed by atoms with Gasteiger partial charge in [0.2, 0.25) is 5.95 Å².